The van der Waals surface area contributed by atoms with Gasteiger partial charge < -0.3 is 14.8 Å². The van der Waals surface area contributed by atoms with Crippen LogP contribution in [0.3, 0.4) is 0 Å². The number of hydrogen-bond acceptors (Lipinski definition) is 3. The average Bonchev–Trinajstić information content (AvgIpc) is 2.78. The van der Waals surface area contributed by atoms with E-state index in [4.69, 9.17) is 4.42 Å². The Balaban J connectivity index is 2.33. The van der Waals surface area contributed by atoms with Gasteiger partial charge in [-0.3, -0.25) is 0 Å². The molecule has 16 heavy (non-hydrogen) atoms. The number of aliphatic hydroxyl groups is 1. The Morgan fingerprint density at radius 1 is 1.56 bits per heavy atom. The van der Waals surface area contributed by atoms with Crippen molar-refractivity contribution in [1.29, 1.82) is 0 Å². The van der Waals surface area contributed by atoms with Gasteiger partial charge in [-0.25, -0.2) is 0 Å². The van der Waals surface area contributed by atoms with Gasteiger partial charge in [0.05, 0.1) is 12.9 Å². The minimum absolute atomic E-state index is 0.162. The maximum atomic E-state index is 9.29. The second-order valence-corrected chi connectivity index (χ2v) is 4.27. The minimum Gasteiger partial charge on any atom is -0.465 e. The Hall–Kier alpha value is -1.06. The SMILES string of the molecule is CCCC(C)(CO)NC/C=C/c1ccco1. The lowest BCUT2D eigenvalue weighted by atomic mass is 9.97. The van der Waals surface area contributed by atoms with E-state index < -0.39 is 0 Å². The molecular formula is C13H21NO2. The highest BCUT2D eigenvalue weighted by Crippen LogP contribution is 2.10. The summed E-state index contributed by atoms with van der Waals surface area (Å²) in [6.45, 7) is 5.05. The standard InChI is InChI=1S/C13H21NO2/c1-3-8-13(2,11-15)14-9-4-6-12-7-5-10-16-12/h4-7,10,14-15H,3,8-9,11H2,1-2H3/b6-4+. The molecule has 0 fully saturated rings. The van der Waals surface area contributed by atoms with Gasteiger partial charge in [0.15, 0.2) is 0 Å². The van der Waals surface area contributed by atoms with Crippen LogP contribution >= 0.6 is 0 Å². The number of aliphatic hydroxyl groups excluding tert-OH is 1. The minimum atomic E-state index is -0.178. The highest BCUT2D eigenvalue weighted by atomic mass is 16.3. The predicted octanol–water partition coefficient (Wildman–Crippen LogP) is 2.43. The van der Waals surface area contributed by atoms with Crippen molar-refractivity contribution in [2.24, 2.45) is 0 Å². The molecule has 0 amide bonds. The maximum absolute atomic E-state index is 9.29. The summed E-state index contributed by atoms with van der Waals surface area (Å²) < 4.78 is 5.18. The van der Waals surface area contributed by atoms with E-state index in [0.29, 0.717) is 0 Å². The molecule has 90 valence electrons. The number of rotatable bonds is 7. The Labute approximate surface area is 97.2 Å². The van der Waals surface area contributed by atoms with Crippen molar-refractivity contribution in [3.63, 3.8) is 0 Å². The molecule has 0 saturated carbocycles. The largest absolute Gasteiger partial charge is 0.465 e. The van der Waals surface area contributed by atoms with Gasteiger partial charge in [-0.2, -0.15) is 0 Å². The van der Waals surface area contributed by atoms with E-state index >= 15 is 0 Å². The smallest absolute Gasteiger partial charge is 0.126 e. The summed E-state index contributed by atoms with van der Waals surface area (Å²) in [6, 6.07) is 3.77. The van der Waals surface area contributed by atoms with Gasteiger partial charge >= 0.3 is 0 Å². The molecule has 1 aromatic rings. The second kappa shape index (κ2) is 6.51. The monoisotopic (exact) mass is 223 g/mol. The van der Waals surface area contributed by atoms with Crippen LogP contribution in [0.5, 0.6) is 0 Å². The van der Waals surface area contributed by atoms with Gasteiger partial charge in [0, 0.05) is 12.1 Å². The number of hydrogen-bond donors (Lipinski definition) is 2. The van der Waals surface area contributed by atoms with Crippen LogP contribution in [0, 0.1) is 0 Å². The summed E-state index contributed by atoms with van der Waals surface area (Å²) in [7, 11) is 0. The summed E-state index contributed by atoms with van der Waals surface area (Å²) in [5.41, 5.74) is -0.178. The molecule has 1 aromatic heterocycles. The molecule has 0 aliphatic rings. The molecule has 1 heterocycles. The quantitative estimate of drug-likeness (QED) is 0.746. The fraction of sp³-hybridized carbons (Fsp3) is 0.538. The molecule has 0 aliphatic carbocycles. The Morgan fingerprint density at radius 2 is 2.38 bits per heavy atom. The third-order valence-electron chi connectivity index (χ3n) is 2.62. The summed E-state index contributed by atoms with van der Waals surface area (Å²) in [5, 5.41) is 12.6. The zero-order chi connectivity index (χ0) is 11.9. The molecule has 0 aliphatic heterocycles. The third kappa shape index (κ3) is 4.21. The van der Waals surface area contributed by atoms with E-state index in [1.807, 2.05) is 31.2 Å². The van der Waals surface area contributed by atoms with Gasteiger partial charge in [0.2, 0.25) is 0 Å². The molecule has 3 nitrogen and oxygen atoms in total. The van der Waals surface area contributed by atoms with E-state index in [0.717, 1.165) is 25.1 Å². The average molecular weight is 223 g/mol. The van der Waals surface area contributed by atoms with Crippen molar-refractivity contribution in [3.05, 3.63) is 30.2 Å². The second-order valence-electron chi connectivity index (χ2n) is 4.27. The molecule has 0 radical (unpaired) electrons. The predicted molar refractivity (Wildman–Crippen MR) is 66.1 cm³/mol. The Bertz CT molecular complexity index is 306. The van der Waals surface area contributed by atoms with E-state index in [1.54, 1.807) is 6.26 Å². The topological polar surface area (TPSA) is 45.4 Å². The van der Waals surface area contributed by atoms with Crippen molar-refractivity contribution < 1.29 is 9.52 Å². The number of furan rings is 1. The fourth-order valence-corrected chi connectivity index (χ4v) is 1.64. The van der Waals surface area contributed by atoms with E-state index in [1.165, 1.54) is 0 Å². The molecule has 1 atom stereocenters. The lowest BCUT2D eigenvalue weighted by Crippen LogP contribution is -2.45. The van der Waals surface area contributed by atoms with Crippen molar-refractivity contribution in [2.75, 3.05) is 13.2 Å². The molecular weight excluding hydrogens is 202 g/mol. The molecule has 3 heteroatoms. The Morgan fingerprint density at radius 3 is 2.94 bits per heavy atom. The zero-order valence-electron chi connectivity index (χ0n) is 10.1. The van der Waals surface area contributed by atoms with Crippen LogP contribution in [-0.2, 0) is 0 Å². The zero-order valence-corrected chi connectivity index (χ0v) is 10.1. The molecule has 0 bridgehead atoms. The first-order valence-electron chi connectivity index (χ1n) is 5.76. The van der Waals surface area contributed by atoms with Crippen LogP contribution in [0.15, 0.2) is 28.9 Å². The van der Waals surface area contributed by atoms with E-state index in [9.17, 15) is 5.11 Å². The van der Waals surface area contributed by atoms with Crippen LogP contribution in [0.4, 0.5) is 0 Å². The number of nitrogens with one attached hydrogen (secondary N) is 1. The lowest BCUT2D eigenvalue weighted by Gasteiger charge is -2.27. The van der Waals surface area contributed by atoms with Crippen LogP contribution < -0.4 is 5.32 Å². The third-order valence-corrected chi connectivity index (χ3v) is 2.62. The van der Waals surface area contributed by atoms with Gasteiger partial charge in [0.1, 0.15) is 5.76 Å². The van der Waals surface area contributed by atoms with Crippen LogP contribution in [0.2, 0.25) is 0 Å². The Kier molecular flexibility index (Phi) is 5.29. The van der Waals surface area contributed by atoms with Crippen LogP contribution in [0.1, 0.15) is 32.4 Å². The highest BCUT2D eigenvalue weighted by Gasteiger charge is 2.19. The first-order chi connectivity index (χ1) is 7.70. The summed E-state index contributed by atoms with van der Waals surface area (Å²) in [5.74, 6) is 0.850. The molecule has 1 unspecified atom stereocenters. The first kappa shape index (κ1) is 13.0. The van der Waals surface area contributed by atoms with Crippen LogP contribution in [0.25, 0.3) is 6.08 Å². The molecule has 0 aromatic carbocycles. The van der Waals surface area contributed by atoms with Crippen molar-refractivity contribution in [2.45, 2.75) is 32.2 Å². The normalized spacial score (nSPS) is 15.4. The van der Waals surface area contributed by atoms with E-state index in [2.05, 4.69) is 12.2 Å². The molecule has 2 N–H and O–H groups in total. The van der Waals surface area contributed by atoms with Crippen LogP contribution in [-0.4, -0.2) is 23.8 Å². The van der Waals surface area contributed by atoms with Gasteiger partial charge in [-0.1, -0.05) is 19.4 Å². The summed E-state index contributed by atoms with van der Waals surface area (Å²) in [6.07, 6.45) is 7.62. The molecule has 0 saturated heterocycles. The maximum Gasteiger partial charge on any atom is 0.126 e. The molecule has 1 rings (SSSR count). The van der Waals surface area contributed by atoms with Crippen molar-refractivity contribution in [3.8, 4) is 0 Å². The van der Waals surface area contributed by atoms with Gasteiger partial charge in [0.25, 0.3) is 0 Å². The first-order valence-corrected chi connectivity index (χ1v) is 5.76. The summed E-state index contributed by atoms with van der Waals surface area (Å²) in [4.78, 5) is 0. The van der Waals surface area contributed by atoms with E-state index in [-0.39, 0.29) is 12.1 Å². The van der Waals surface area contributed by atoms with Crippen molar-refractivity contribution in [1.82, 2.24) is 5.32 Å². The van der Waals surface area contributed by atoms with Gasteiger partial charge in [-0.05, 0) is 31.6 Å². The molecule has 0 spiro atoms. The fourth-order valence-electron chi connectivity index (χ4n) is 1.64. The van der Waals surface area contributed by atoms with Crippen molar-refractivity contribution >= 4 is 6.08 Å². The summed E-state index contributed by atoms with van der Waals surface area (Å²) >= 11 is 0. The lowest BCUT2D eigenvalue weighted by molar-refractivity contribution is 0.169. The van der Waals surface area contributed by atoms with Gasteiger partial charge in [-0.15, -0.1) is 0 Å². The highest BCUT2D eigenvalue weighted by molar-refractivity contribution is 5.42.